The maximum absolute atomic E-state index is 10.7. The lowest BCUT2D eigenvalue weighted by Crippen LogP contribution is -2.30. The summed E-state index contributed by atoms with van der Waals surface area (Å²) >= 11 is 0. The second-order valence-electron chi connectivity index (χ2n) is 7.78. The highest BCUT2D eigenvalue weighted by Crippen LogP contribution is 2.18. The summed E-state index contributed by atoms with van der Waals surface area (Å²) in [4.78, 5) is 2.47. The van der Waals surface area contributed by atoms with Crippen LogP contribution in [0, 0.1) is 0 Å². The third-order valence-corrected chi connectivity index (χ3v) is 5.27. The van der Waals surface area contributed by atoms with Crippen molar-refractivity contribution in [3.63, 3.8) is 0 Å². The van der Waals surface area contributed by atoms with E-state index < -0.39 is 0 Å². The number of aliphatic hydroxyl groups is 1. The number of aliphatic hydroxyl groups excluding tert-OH is 1. The van der Waals surface area contributed by atoms with Crippen LogP contribution in [0.15, 0.2) is 24.3 Å². The van der Waals surface area contributed by atoms with Gasteiger partial charge < -0.3 is 10.0 Å². The number of aryl methyl sites for hydroxylation is 1. The Kier molecular flexibility index (Phi) is 13.6. The van der Waals surface area contributed by atoms with Crippen LogP contribution in [0.4, 0.5) is 0 Å². The topological polar surface area (TPSA) is 23.5 Å². The molecule has 26 heavy (non-hydrogen) atoms. The number of hydrogen-bond donors (Lipinski definition) is 1. The number of hydrogen-bond acceptors (Lipinski definition) is 2. The van der Waals surface area contributed by atoms with Gasteiger partial charge in [0, 0.05) is 6.54 Å². The average molecular weight is 362 g/mol. The first-order valence-electron chi connectivity index (χ1n) is 11.2. The lowest BCUT2D eigenvalue weighted by Gasteiger charge is -2.25. The van der Waals surface area contributed by atoms with Crippen LogP contribution in [-0.2, 0) is 6.42 Å². The summed E-state index contributed by atoms with van der Waals surface area (Å²) in [5.74, 6) is 0. The van der Waals surface area contributed by atoms with Crippen molar-refractivity contribution < 1.29 is 5.11 Å². The predicted molar refractivity (Wildman–Crippen MR) is 115 cm³/mol. The van der Waals surface area contributed by atoms with Gasteiger partial charge in [0.15, 0.2) is 0 Å². The Morgan fingerprint density at radius 1 is 0.731 bits per heavy atom. The Balaban J connectivity index is 2.48. The van der Waals surface area contributed by atoms with Gasteiger partial charge in [-0.1, -0.05) is 90.0 Å². The highest BCUT2D eigenvalue weighted by molar-refractivity contribution is 5.24. The third-order valence-electron chi connectivity index (χ3n) is 5.27. The Hall–Kier alpha value is -0.860. The van der Waals surface area contributed by atoms with Crippen molar-refractivity contribution >= 4 is 0 Å². The van der Waals surface area contributed by atoms with E-state index in [1.807, 2.05) is 0 Å². The lowest BCUT2D eigenvalue weighted by molar-refractivity contribution is 0.110. The summed E-state index contributed by atoms with van der Waals surface area (Å²) < 4.78 is 0. The molecule has 0 spiro atoms. The molecule has 0 saturated carbocycles. The first-order chi connectivity index (χ1) is 12.7. The maximum atomic E-state index is 10.7. The Bertz CT molecular complexity index is 418. The molecule has 2 heteroatoms. The van der Waals surface area contributed by atoms with Crippen molar-refractivity contribution in [2.45, 2.75) is 97.5 Å². The zero-order chi connectivity index (χ0) is 19.0. The first-order valence-corrected chi connectivity index (χ1v) is 11.2. The molecule has 0 aromatic heterocycles. The Labute approximate surface area is 163 Å². The van der Waals surface area contributed by atoms with E-state index >= 15 is 0 Å². The SMILES string of the molecule is CCCCCCc1ccc(C(O)CN(CCCCC)CCCCC)cc1. The van der Waals surface area contributed by atoms with Gasteiger partial charge in [-0.05, 0) is 49.9 Å². The summed E-state index contributed by atoms with van der Waals surface area (Å²) in [5.41, 5.74) is 2.47. The number of rotatable bonds is 16. The highest BCUT2D eigenvalue weighted by atomic mass is 16.3. The zero-order valence-corrected chi connectivity index (χ0v) is 17.7. The van der Waals surface area contributed by atoms with Crippen molar-refractivity contribution in [3.05, 3.63) is 35.4 Å². The highest BCUT2D eigenvalue weighted by Gasteiger charge is 2.13. The summed E-state index contributed by atoms with van der Waals surface area (Å²) in [6.07, 6.45) is 13.6. The first kappa shape index (κ1) is 23.2. The molecule has 1 aromatic carbocycles. The van der Waals surface area contributed by atoms with E-state index in [2.05, 4.69) is 49.9 Å². The molecule has 0 aliphatic rings. The van der Waals surface area contributed by atoms with Crippen molar-refractivity contribution in [1.29, 1.82) is 0 Å². The molecule has 1 N–H and O–H groups in total. The van der Waals surface area contributed by atoms with Crippen LogP contribution in [0.1, 0.15) is 102 Å². The molecule has 1 aromatic rings. The predicted octanol–water partition coefficient (Wildman–Crippen LogP) is 6.53. The van der Waals surface area contributed by atoms with Crippen LogP contribution in [0.25, 0.3) is 0 Å². The minimum atomic E-state index is -0.368. The summed E-state index contributed by atoms with van der Waals surface area (Å²) in [5, 5.41) is 10.7. The summed E-state index contributed by atoms with van der Waals surface area (Å²) in [7, 11) is 0. The smallest absolute Gasteiger partial charge is 0.0916 e. The molecule has 0 amide bonds. The molecule has 0 fully saturated rings. The van der Waals surface area contributed by atoms with E-state index in [0.717, 1.165) is 31.6 Å². The second kappa shape index (κ2) is 15.2. The van der Waals surface area contributed by atoms with Crippen LogP contribution < -0.4 is 0 Å². The molecule has 0 bridgehead atoms. The quantitative estimate of drug-likeness (QED) is 0.339. The maximum Gasteiger partial charge on any atom is 0.0916 e. The standard InChI is InChI=1S/C24H43NO/c1-4-7-10-11-14-22-15-17-23(18-16-22)24(26)21-25(19-12-8-5-2)20-13-9-6-3/h15-18,24,26H,4-14,19-21H2,1-3H3. The fraction of sp³-hybridized carbons (Fsp3) is 0.750. The van der Waals surface area contributed by atoms with Gasteiger partial charge in [0.2, 0.25) is 0 Å². The number of nitrogens with zero attached hydrogens (tertiary/aromatic N) is 1. The van der Waals surface area contributed by atoms with Crippen LogP contribution in [-0.4, -0.2) is 29.6 Å². The molecule has 0 saturated heterocycles. The van der Waals surface area contributed by atoms with Gasteiger partial charge in [0.1, 0.15) is 0 Å². The van der Waals surface area contributed by atoms with Gasteiger partial charge >= 0.3 is 0 Å². The lowest BCUT2D eigenvalue weighted by atomic mass is 10.0. The second-order valence-corrected chi connectivity index (χ2v) is 7.78. The molecule has 1 atom stereocenters. The molecule has 1 unspecified atom stereocenters. The van der Waals surface area contributed by atoms with Crippen molar-refractivity contribution in [1.82, 2.24) is 4.90 Å². The van der Waals surface area contributed by atoms with Gasteiger partial charge in [-0.15, -0.1) is 0 Å². The van der Waals surface area contributed by atoms with Crippen molar-refractivity contribution in [3.8, 4) is 0 Å². The molecule has 150 valence electrons. The molecule has 0 aliphatic heterocycles. The molecule has 0 radical (unpaired) electrons. The van der Waals surface area contributed by atoms with E-state index in [9.17, 15) is 5.11 Å². The summed E-state index contributed by atoms with van der Waals surface area (Å²) in [6.45, 7) is 9.75. The third kappa shape index (κ3) is 10.3. The Morgan fingerprint density at radius 3 is 1.81 bits per heavy atom. The number of benzene rings is 1. The van der Waals surface area contributed by atoms with E-state index in [0.29, 0.717) is 0 Å². The van der Waals surface area contributed by atoms with E-state index in [1.54, 1.807) is 0 Å². The van der Waals surface area contributed by atoms with Crippen molar-refractivity contribution in [2.24, 2.45) is 0 Å². The van der Waals surface area contributed by atoms with E-state index in [1.165, 1.54) is 69.8 Å². The molecular weight excluding hydrogens is 318 g/mol. The molecule has 2 nitrogen and oxygen atoms in total. The van der Waals surface area contributed by atoms with Gasteiger partial charge in [-0.3, -0.25) is 0 Å². The van der Waals surface area contributed by atoms with Crippen LogP contribution in [0.2, 0.25) is 0 Å². The minimum Gasteiger partial charge on any atom is -0.387 e. The average Bonchev–Trinajstić information content (AvgIpc) is 2.66. The van der Waals surface area contributed by atoms with E-state index in [4.69, 9.17) is 0 Å². The minimum absolute atomic E-state index is 0.368. The molecule has 0 heterocycles. The molecular formula is C24H43NO. The molecule has 0 aliphatic carbocycles. The largest absolute Gasteiger partial charge is 0.387 e. The van der Waals surface area contributed by atoms with Gasteiger partial charge in [0.25, 0.3) is 0 Å². The normalized spacial score (nSPS) is 12.7. The summed E-state index contributed by atoms with van der Waals surface area (Å²) in [6, 6.07) is 8.69. The van der Waals surface area contributed by atoms with Crippen molar-refractivity contribution in [2.75, 3.05) is 19.6 Å². The van der Waals surface area contributed by atoms with Crippen LogP contribution in [0.5, 0.6) is 0 Å². The van der Waals surface area contributed by atoms with Gasteiger partial charge in [0.05, 0.1) is 6.10 Å². The van der Waals surface area contributed by atoms with Gasteiger partial charge in [-0.2, -0.15) is 0 Å². The van der Waals surface area contributed by atoms with Crippen LogP contribution >= 0.6 is 0 Å². The number of unbranched alkanes of at least 4 members (excludes halogenated alkanes) is 7. The fourth-order valence-electron chi connectivity index (χ4n) is 3.48. The Morgan fingerprint density at radius 2 is 1.27 bits per heavy atom. The van der Waals surface area contributed by atoms with Crippen LogP contribution in [0.3, 0.4) is 0 Å². The zero-order valence-electron chi connectivity index (χ0n) is 17.7. The monoisotopic (exact) mass is 361 g/mol. The van der Waals surface area contributed by atoms with Gasteiger partial charge in [-0.25, -0.2) is 0 Å². The fourth-order valence-corrected chi connectivity index (χ4v) is 3.48. The van der Waals surface area contributed by atoms with E-state index in [-0.39, 0.29) is 6.10 Å². The molecule has 1 rings (SSSR count).